The maximum absolute atomic E-state index is 13.0. The molecule has 6 heteroatoms. The summed E-state index contributed by atoms with van der Waals surface area (Å²) >= 11 is 0. The van der Waals surface area contributed by atoms with Gasteiger partial charge in [-0.15, -0.1) is 0 Å². The number of carbonyl (C=O) groups is 2. The molecule has 0 saturated heterocycles. The van der Waals surface area contributed by atoms with Crippen molar-refractivity contribution >= 4 is 11.8 Å². The number of nitrogens with zero attached hydrogens (tertiary/aromatic N) is 1. The fourth-order valence-corrected chi connectivity index (χ4v) is 3.66. The van der Waals surface area contributed by atoms with Crippen molar-refractivity contribution in [3.05, 3.63) is 59.2 Å². The maximum atomic E-state index is 13.0. The maximum Gasteiger partial charge on any atom is 0.247 e. The molecule has 2 aliphatic rings. The Kier molecular flexibility index (Phi) is 4.71. The highest BCUT2D eigenvalue weighted by Crippen LogP contribution is 2.33. The summed E-state index contributed by atoms with van der Waals surface area (Å²) in [6.07, 6.45) is 1.15. The Balaban J connectivity index is 1.54. The molecule has 1 atom stereocenters. The Morgan fingerprint density at radius 3 is 2.81 bits per heavy atom. The first-order valence-corrected chi connectivity index (χ1v) is 9.21. The van der Waals surface area contributed by atoms with E-state index in [9.17, 15) is 9.59 Å². The summed E-state index contributed by atoms with van der Waals surface area (Å²) in [6.45, 7) is 2.97. The highest BCUT2D eigenvalue weighted by atomic mass is 16.7. The lowest BCUT2D eigenvalue weighted by Crippen LogP contribution is -2.46. The molecule has 2 aromatic rings. The van der Waals surface area contributed by atoms with Crippen LogP contribution in [0.5, 0.6) is 11.5 Å². The number of benzene rings is 2. The number of fused-ring (bicyclic) bond motifs is 2. The molecule has 1 N–H and O–H groups in total. The van der Waals surface area contributed by atoms with Crippen LogP contribution in [-0.2, 0) is 22.6 Å². The van der Waals surface area contributed by atoms with Gasteiger partial charge in [-0.05, 0) is 35.2 Å². The van der Waals surface area contributed by atoms with Gasteiger partial charge in [0.1, 0.15) is 6.04 Å². The SMILES string of the molecule is CCC(=O)N1CCc2ccccc2[C@H]1C(=O)NCc1ccc2c(c1)OCO2. The average molecular weight is 366 g/mol. The van der Waals surface area contributed by atoms with Crippen molar-refractivity contribution in [2.75, 3.05) is 13.3 Å². The Morgan fingerprint density at radius 2 is 1.96 bits per heavy atom. The van der Waals surface area contributed by atoms with E-state index < -0.39 is 6.04 Å². The smallest absolute Gasteiger partial charge is 0.247 e. The highest BCUT2D eigenvalue weighted by molar-refractivity contribution is 5.89. The zero-order valence-corrected chi connectivity index (χ0v) is 15.2. The Hall–Kier alpha value is -3.02. The zero-order chi connectivity index (χ0) is 18.8. The van der Waals surface area contributed by atoms with E-state index in [2.05, 4.69) is 5.32 Å². The largest absolute Gasteiger partial charge is 0.454 e. The molecule has 0 fully saturated rings. The van der Waals surface area contributed by atoms with Crippen LogP contribution in [0, 0.1) is 0 Å². The Bertz CT molecular complexity index is 880. The number of hydrogen-bond acceptors (Lipinski definition) is 4. The summed E-state index contributed by atoms with van der Waals surface area (Å²) in [4.78, 5) is 27.1. The van der Waals surface area contributed by atoms with Gasteiger partial charge < -0.3 is 19.7 Å². The normalized spacial score (nSPS) is 17.4. The molecule has 2 aliphatic heterocycles. The molecule has 0 aromatic heterocycles. The monoisotopic (exact) mass is 366 g/mol. The van der Waals surface area contributed by atoms with Crippen molar-refractivity contribution in [3.8, 4) is 11.5 Å². The number of ether oxygens (including phenoxy) is 2. The lowest BCUT2D eigenvalue weighted by Gasteiger charge is -2.36. The molecular formula is C21H22N2O4. The number of rotatable bonds is 4. The molecule has 4 rings (SSSR count). The third-order valence-corrected chi connectivity index (χ3v) is 5.06. The van der Waals surface area contributed by atoms with Crippen molar-refractivity contribution in [3.63, 3.8) is 0 Å². The van der Waals surface area contributed by atoms with Gasteiger partial charge in [0.25, 0.3) is 0 Å². The van der Waals surface area contributed by atoms with Gasteiger partial charge in [0, 0.05) is 19.5 Å². The van der Waals surface area contributed by atoms with E-state index in [0.29, 0.717) is 31.0 Å². The first kappa shape index (κ1) is 17.4. The van der Waals surface area contributed by atoms with E-state index in [1.165, 1.54) is 0 Å². The Labute approximate surface area is 158 Å². The van der Waals surface area contributed by atoms with Gasteiger partial charge in [0.2, 0.25) is 18.6 Å². The molecular weight excluding hydrogens is 344 g/mol. The second kappa shape index (κ2) is 7.31. The van der Waals surface area contributed by atoms with E-state index in [4.69, 9.17) is 9.47 Å². The Morgan fingerprint density at radius 1 is 1.15 bits per heavy atom. The molecule has 2 amide bonds. The zero-order valence-electron chi connectivity index (χ0n) is 15.2. The van der Waals surface area contributed by atoms with Crippen LogP contribution in [0.15, 0.2) is 42.5 Å². The van der Waals surface area contributed by atoms with Gasteiger partial charge in [-0.2, -0.15) is 0 Å². The fourth-order valence-electron chi connectivity index (χ4n) is 3.66. The standard InChI is InChI=1S/C21H22N2O4/c1-2-19(24)23-10-9-15-5-3-4-6-16(15)20(23)21(25)22-12-14-7-8-17-18(11-14)27-13-26-17/h3-8,11,20H,2,9-10,12-13H2,1H3,(H,22,25)/t20-/m0/s1. The van der Waals surface area contributed by atoms with E-state index in [1.807, 2.05) is 49.4 Å². The van der Waals surface area contributed by atoms with E-state index in [0.717, 1.165) is 23.1 Å². The lowest BCUT2D eigenvalue weighted by molar-refractivity contribution is -0.141. The van der Waals surface area contributed by atoms with Gasteiger partial charge in [0.15, 0.2) is 11.5 Å². The number of nitrogens with one attached hydrogen (secondary N) is 1. The lowest BCUT2D eigenvalue weighted by atomic mass is 9.91. The molecule has 0 bridgehead atoms. The van der Waals surface area contributed by atoms with Gasteiger partial charge in [-0.25, -0.2) is 0 Å². The molecule has 6 nitrogen and oxygen atoms in total. The van der Waals surface area contributed by atoms with Gasteiger partial charge >= 0.3 is 0 Å². The van der Waals surface area contributed by atoms with E-state index >= 15 is 0 Å². The predicted octanol–water partition coefficient (Wildman–Crippen LogP) is 2.57. The van der Waals surface area contributed by atoms with E-state index in [-0.39, 0.29) is 18.6 Å². The van der Waals surface area contributed by atoms with Crippen molar-refractivity contribution in [1.29, 1.82) is 0 Å². The first-order valence-electron chi connectivity index (χ1n) is 9.21. The first-order chi connectivity index (χ1) is 13.2. The number of amides is 2. The van der Waals surface area contributed by atoms with Gasteiger partial charge in [-0.3, -0.25) is 9.59 Å². The van der Waals surface area contributed by atoms with Crippen molar-refractivity contribution in [2.45, 2.75) is 32.4 Å². The van der Waals surface area contributed by atoms with Crippen molar-refractivity contribution in [1.82, 2.24) is 10.2 Å². The van der Waals surface area contributed by atoms with Crippen LogP contribution in [0.25, 0.3) is 0 Å². The predicted molar refractivity (Wildman–Crippen MR) is 99.3 cm³/mol. The van der Waals surface area contributed by atoms with Crippen LogP contribution >= 0.6 is 0 Å². The van der Waals surface area contributed by atoms with Gasteiger partial charge in [0.05, 0.1) is 0 Å². The molecule has 140 valence electrons. The average Bonchev–Trinajstić information content (AvgIpc) is 3.18. The summed E-state index contributed by atoms with van der Waals surface area (Å²) < 4.78 is 10.7. The molecule has 27 heavy (non-hydrogen) atoms. The van der Waals surface area contributed by atoms with Crippen LogP contribution < -0.4 is 14.8 Å². The molecule has 2 aromatic carbocycles. The summed E-state index contributed by atoms with van der Waals surface area (Å²) in [6, 6.07) is 12.9. The summed E-state index contributed by atoms with van der Waals surface area (Å²) in [7, 11) is 0. The van der Waals surface area contributed by atoms with Crippen LogP contribution in [0.2, 0.25) is 0 Å². The minimum absolute atomic E-state index is 0.00673. The molecule has 2 heterocycles. The summed E-state index contributed by atoms with van der Waals surface area (Å²) in [5.74, 6) is 1.23. The van der Waals surface area contributed by atoms with Crippen LogP contribution in [0.1, 0.15) is 36.1 Å². The minimum Gasteiger partial charge on any atom is -0.454 e. The summed E-state index contributed by atoms with van der Waals surface area (Å²) in [5.41, 5.74) is 2.96. The molecule has 0 unspecified atom stereocenters. The van der Waals surface area contributed by atoms with Crippen molar-refractivity contribution < 1.29 is 19.1 Å². The topological polar surface area (TPSA) is 67.9 Å². The van der Waals surface area contributed by atoms with Crippen LogP contribution in [-0.4, -0.2) is 30.1 Å². The third-order valence-electron chi connectivity index (χ3n) is 5.06. The van der Waals surface area contributed by atoms with Crippen LogP contribution in [0.4, 0.5) is 0 Å². The number of hydrogen-bond donors (Lipinski definition) is 1. The molecule has 0 saturated carbocycles. The third kappa shape index (κ3) is 3.35. The van der Waals surface area contributed by atoms with Gasteiger partial charge in [-0.1, -0.05) is 37.3 Å². The molecule has 0 spiro atoms. The molecule has 0 radical (unpaired) electrons. The summed E-state index contributed by atoms with van der Waals surface area (Å²) in [5, 5.41) is 2.98. The fraction of sp³-hybridized carbons (Fsp3) is 0.333. The van der Waals surface area contributed by atoms with Crippen molar-refractivity contribution in [2.24, 2.45) is 0 Å². The highest BCUT2D eigenvalue weighted by Gasteiger charge is 2.34. The minimum atomic E-state index is -0.587. The van der Waals surface area contributed by atoms with E-state index in [1.54, 1.807) is 4.90 Å². The quantitative estimate of drug-likeness (QED) is 0.903. The van der Waals surface area contributed by atoms with Crippen LogP contribution in [0.3, 0.4) is 0 Å². The second-order valence-electron chi connectivity index (χ2n) is 6.70. The number of carbonyl (C=O) groups excluding carboxylic acids is 2. The second-order valence-corrected chi connectivity index (χ2v) is 6.70. The molecule has 0 aliphatic carbocycles.